The van der Waals surface area contributed by atoms with Crippen LogP contribution in [-0.4, -0.2) is 27.1 Å². The zero-order valence-electron chi connectivity index (χ0n) is 8.86. The first kappa shape index (κ1) is 13.2. The first-order valence-electron chi connectivity index (χ1n) is 4.54. The van der Waals surface area contributed by atoms with Crippen LogP contribution in [0.15, 0.2) is 18.3 Å². The molecule has 1 aromatic rings. The van der Waals surface area contributed by atoms with Crippen molar-refractivity contribution in [3.05, 3.63) is 45.1 Å². The predicted molar refractivity (Wildman–Crippen MR) is 60.8 cm³/mol. The molecule has 0 aliphatic heterocycles. The summed E-state index contributed by atoms with van der Waals surface area (Å²) in [6, 6.07) is 2.07. The Morgan fingerprint density at radius 2 is 1.67 bits per heavy atom. The number of anilines is 1. The zero-order chi connectivity index (χ0) is 13.9. The molecule has 0 spiro atoms. The standard InChI is InChI=1S/C10H8N2O6/c11-5-3-7(9(13)14)6(1-2-12(17)18)8(4-5)10(15)16/h1-4H,11H2,(H,13,14)(H,15,16)/b2-1+. The maximum Gasteiger partial charge on any atom is 0.336 e. The Labute approximate surface area is 100 Å². The van der Waals surface area contributed by atoms with Crippen molar-refractivity contribution in [3.63, 3.8) is 0 Å². The lowest BCUT2D eigenvalue weighted by Crippen LogP contribution is -2.09. The number of hydrogen-bond acceptors (Lipinski definition) is 5. The number of carboxylic acids is 2. The van der Waals surface area contributed by atoms with E-state index in [1.165, 1.54) is 0 Å². The molecule has 0 saturated carbocycles. The van der Waals surface area contributed by atoms with Crippen LogP contribution in [0.3, 0.4) is 0 Å². The number of benzene rings is 1. The van der Waals surface area contributed by atoms with Gasteiger partial charge in [-0.2, -0.15) is 0 Å². The van der Waals surface area contributed by atoms with E-state index in [1.54, 1.807) is 0 Å². The fourth-order valence-corrected chi connectivity index (χ4v) is 1.34. The van der Waals surface area contributed by atoms with Crippen LogP contribution in [0.2, 0.25) is 0 Å². The summed E-state index contributed by atoms with van der Waals surface area (Å²) in [5, 5.41) is 28.0. The Kier molecular flexibility index (Phi) is 3.62. The lowest BCUT2D eigenvalue weighted by molar-refractivity contribution is -0.400. The van der Waals surface area contributed by atoms with Crippen LogP contribution in [0, 0.1) is 10.1 Å². The number of carbonyl (C=O) groups is 2. The van der Waals surface area contributed by atoms with Crippen LogP contribution in [0.25, 0.3) is 6.08 Å². The van der Waals surface area contributed by atoms with Gasteiger partial charge in [0.2, 0.25) is 6.20 Å². The highest BCUT2D eigenvalue weighted by atomic mass is 16.6. The monoisotopic (exact) mass is 252 g/mol. The van der Waals surface area contributed by atoms with Gasteiger partial charge in [-0.05, 0) is 12.1 Å². The van der Waals surface area contributed by atoms with E-state index in [2.05, 4.69) is 0 Å². The van der Waals surface area contributed by atoms with Crippen LogP contribution >= 0.6 is 0 Å². The van der Waals surface area contributed by atoms with Crippen LogP contribution in [0.1, 0.15) is 26.3 Å². The van der Waals surface area contributed by atoms with Gasteiger partial charge in [0.1, 0.15) is 0 Å². The Balaban J connectivity index is 3.55. The summed E-state index contributed by atoms with van der Waals surface area (Å²) in [6.45, 7) is 0. The molecule has 18 heavy (non-hydrogen) atoms. The van der Waals surface area contributed by atoms with Crippen molar-refractivity contribution in [1.29, 1.82) is 0 Å². The van der Waals surface area contributed by atoms with E-state index in [-0.39, 0.29) is 11.3 Å². The van der Waals surface area contributed by atoms with Gasteiger partial charge < -0.3 is 15.9 Å². The van der Waals surface area contributed by atoms with Crippen LogP contribution in [-0.2, 0) is 0 Å². The predicted octanol–water partition coefficient (Wildman–Crippen LogP) is 0.913. The van der Waals surface area contributed by atoms with Gasteiger partial charge in [-0.15, -0.1) is 0 Å². The smallest absolute Gasteiger partial charge is 0.336 e. The number of rotatable bonds is 4. The van der Waals surface area contributed by atoms with E-state index in [0.29, 0.717) is 6.20 Å². The molecule has 8 heteroatoms. The van der Waals surface area contributed by atoms with Crippen LogP contribution < -0.4 is 5.73 Å². The van der Waals surface area contributed by atoms with Crippen molar-refractivity contribution in [2.75, 3.05) is 5.73 Å². The summed E-state index contributed by atoms with van der Waals surface area (Å²) in [4.78, 5) is 31.3. The first-order valence-corrected chi connectivity index (χ1v) is 4.54. The topological polar surface area (TPSA) is 144 Å². The molecule has 0 aliphatic rings. The van der Waals surface area contributed by atoms with Gasteiger partial charge in [-0.3, -0.25) is 10.1 Å². The van der Waals surface area contributed by atoms with Gasteiger partial charge in [0.05, 0.1) is 16.1 Å². The van der Waals surface area contributed by atoms with E-state index < -0.39 is 28.0 Å². The number of nitrogens with zero attached hydrogens (tertiary/aromatic N) is 1. The SMILES string of the molecule is Nc1cc(C(=O)O)c(/C=C/[N+](=O)[O-])c(C(=O)O)c1. The molecule has 0 fully saturated rings. The largest absolute Gasteiger partial charge is 0.478 e. The molecule has 4 N–H and O–H groups in total. The molecule has 1 aromatic carbocycles. The molecule has 0 atom stereocenters. The third-order valence-corrected chi connectivity index (χ3v) is 2.03. The molecule has 0 amide bonds. The molecule has 0 aliphatic carbocycles. The summed E-state index contributed by atoms with van der Waals surface area (Å²) in [6.07, 6.45) is 1.27. The highest BCUT2D eigenvalue weighted by Crippen LogP contribution is 2.21. The molecule has 0 aromatic heterocycles. The second-order valence-corrected chi connectivity index (χ2v) is 3.24. The minimum absolute atomic E-state index is 0.0527. The fourth-order valence-electron chi connectivity index (χ4n) is 1.34. The van der Waals surface area contributed by atoms with Gasteiger partial charge in [-0.1, -0.05) is 0 Å². The van der Waals surface area contributed by atoms with Crippen molar-refractivity contribution in [2.45, 2.75) is 0 Å². The van der Waals surface area contributed by atoms with E-state index in [4.69, 9.17) is 15.9 Å². The molecule has 1 rings (SSSR count). The van der Waals surface area contributed by atoms with Crippen molar-refractivity contribution >= 4 is 23.7 Å². The number of hydrogen-bond donors (Lipinski definition) is 3. The highest BCUT2D eigenvalue weighted by molar-refractivity contribution is 6.01. The molecule has 0 bridgehead atoms. The number of aromatic carboxylic acids is 2. The maximum absolute atomic E-state index is 10.9. The van der Waals surface area contributed by atoms with Crippen LogP contribution in [0.4, 0.5) is 5.69 Å². The quantitative estimate of drug-likeness (QED) is 0.410. The van der Waals surface area contributed by atoms with E-state index >= 15 is 0 Å². The minimum atomic E-state index is -1.42. The van der Waals surface area contributed by atoms with Gasteiger partial charge in [-0.25, -0.2) is 9.59 Å². The molecule has 0 unspecified atom stereocenters. The number of nitrogen functional groups attached to an aromatic ring is 1. The Hall–Kier alpha value is -2.90. The van der Waals surface area contributed by atoms with Gasteiger partial charge in [0.25, 0.3) is 0 Å². The number of carboxylic acid groups (broad SMARTS) is 2. The second kappa shape index (κ2) is 4.95. The lowest BCUT2D eigenvalue weighted by Gasteiger charge is -2.06. The third-order valence-electron chi connectivity index (χ3n) is 2.03. The Morgan fingerprint density at radius 1 is 1.22 bits per heavy atom. The van der Waals surface area contributed by atoms with E-state index in [1.807, 2.05) is 0 Å². The van der Waals surface area contributed by atoms with Crippen molar-refractivity contribution in [2.24, 2.45) is 0 Å². The fraction of sp³-hybridized carbons (Fsp3) is 0. The van der Waals surface area contributed by atoms with E-state index in [0.717, 1.165) is 18.2 Å². The Morgan fingerprint density at radius 3 is 2.00 bits per heavy atom. The normalized spacial score (nSPS) is 10.4. The second-order valence-electron chi connectivity index (χ2n) is 3.24. The molecular formula is C10H8N2O6. The Bertz CT molecular complexity index is 528. The highest BCUT2D eigenvalue weighted by Gasteiger charge is 2.18. The van der Waals surface area contributed by atoms with Crippen molar-refractivity contribution < 1.29 is 24.7 Å². The molecule has 94 valence electrons. The minimum Gasteiger partial charge on any atom is -0.478 e. The number of nitro groups is 1. The van der Waals surface area contributed by atoms with Crippen molar-refractivity contribution in [3.8, 4) is 0 Å². The first-order chi connectivity index (χ1) is 8.32. The summed E-state index contributed by atoms with van der Waals surface area (Å²) in [7, 11) is 0. The van der Waals surface area contributed by atoms with E-state index in [9.17, 15) is 19.7 Å². The maximum atomic E-state index is 10.9. The third kappa shape index (κ3) is 2.82. The van der Waals surface area contributed by atoms with Gasteiger partial charge >= 0.3 is 11.9 Å². The van der Waals surface area contributed by atoms with Crippen molar-refractivity contribution in [1.82, 2.24) is 0 Å². The lowest BCUT2D eigenvalue weighted by atomic mass is 9.99. The number of nitrogens with two attached hydrogens (primary N) is 1. The molecule has 8 nitrogen and oxygen atoms in total. The van der Waals surface area contributed by atoms with Gasteiger partial charge in [0.15, 0.2) is 0 Å². The molecule has 0 radical (unpaired) electrons. The zero-order valence-corrected chi connectivity index (χ0v) is 8.86. The molecule has 0 heterocycles. The summed E-state index contributed by atoms with van der Waals surface area (Å²) < 4.78 is 0. The average Bonchev–Trinajstić information content (AvgIpc) is 2.25. The summed E-state index contributed by atoms with van der Waals surface area (Å²) in [5.74, 6) is -2.85. The van der Waals surface area contributed by atoms with Gasteiger partial charge in [0, 0.05) is 17.3 Å². The average molecular weight is 252 g/mol. The molecule has 0 saturated heterocycles. The van der Waals surface area contributed by atoms with Crippen LogP contribution in [0.5, 0.6) is 0 Å². The molecular weight excluding hydrogens is 244 g/mol. The summed E-state index contributed by atoms with van der Waals surface area (Å²) in [5.41, 5.74) is 4.22. The summed E-state index contributed by atoms with van der Waals surface area (Å²) >= 11 is 0.